The van der Waals surface area contributed by atoms with Crippen molar-refractivity contribution in [2.45, 2.75) is 6.92 Å². The van der Waals surface area contributed by atoms with E-state index >= 15 is 0 Å². The Kier molecular flexibility index (Phi) is 5.28. The van der Waals surface area contributed by atoms with Crippen LogP contribution in [0.5, 0.6) is 0 Å². The number of rotatable bonds is 3. The maximum Gasteiger partial charge on any atom is 0.389 e. The highest BCUT2D eigenvalue weighted by molar-refractivity contribution is 6.05. The van der Waals surface area contributed by atoms with Gasteiger partial charge in [-0.05, 0) is 19.1 Å². The predicted molar refractivity (Wildman–Crippen MR) is 83.9 cm³/mol. The summed E-state index contributed by atoms with van der Waals surface area (Å²) in [6.07, 6.45) is 1.28. The number of hydrogen-bond acceptors (Lipinski definition) is 3. The van der Waals surface area contributed by atoms with Gasteiger partial charge in [0, 0.05) is 23.1 Å². The van der Waals surface area contributed by atoms with Crippen LogP contribution in [-0.2, 0) is 9.53 Å². The van der Waals surface area contributed by atoms with Crippen LogP contribution in [0.15, 0.2) is 72.5 Å². The van der Waals surface area contributed by atoms with Gasteiger partial charge < -0.3 is 4.74 Å². The lowest BCUT2D eigenvalue weighted by Gasteiger charge is -2.00. The highest BCUT2D eigenvalue weighted by atomic mass is 16.5. The second-order valence-corrected chi connectivity index (χ2v) is 4.49. The molecule has 0 unspecified atom stereocenters. The van der Waals surface area contributed by atoms with Crippen molar-refractivity contribution in [3.05, 3.63) is 83.6 Å². The lowest BCUT2D eigenvalue weighted by molar-refractivity contribution is -0.132. The molecular formula is C19H14O3. The number of carbonyl (C=O) groups excluding carboxylic acids is 2. The van der Waals surface area contributed by atoms with E-state index < -0.39 is 5.97 Å². The summed E-state index contributed by atoms with van der Waals surface area (Å²) in [4.78, 5) is 23.5. The van der Waals surface area contributed by atoms with E-state index in [4.69, 9.17) is 4.74 Å². The molecule has 0 aromatic heterocycles. The lowest BCUT2D eigenvalue weighted by Crippen LogP contribution is -2.02. The van der Waals surface area contributed by atoms with E-state index in [1.54, 1.807) is 43.3 Å². The zero-order valence-electron chi connectivity index (χ0n) is 12.1. The number of hydrogen-bond donors (Lipinski definition) is 0. The zero-order chi connectivity index (χ0) is 15.8. The van der Waals surface area contributed by atoms with Crippen LogP contribution in [0.4, 0.5) is 0 Å². The van der Waals surface area contributed by atoms with Crippen LogP contribution >= 0.6 is 0 Å². The van der Waals surface area contributed by atoms with E-state index in [2.05, 4.69) is 11.8 Å². The van der Waals surface area contributed by atoms with Crippen LogP contribution in [0, 0.1) is 11.8 Å². The minimum atomic E-state index is -0.696. The summed E-state index contributed by atoms with van der Waals surface area (Å²) in [6, 6.07) is 17.9. The quantitative estimate of drug-likeness (QED) is 0.286. The molecule has 0 aliphatic rings. The van der Waals surface area contributed by atoms with Gasteiger partial charge in [0.05, 0.1) is 0 Å². The van der Waals surface area contributed by atoms with Crippen LogP contribution < -0.4 is 0 Å². The molecule has 0 radical (unpaired) electrons. The van der Waals surface area contributed by atoms with Gasteiger partial charge in [0.2, 0.25) is 0 Å². The van der Waals surface area contributed by atoms with Gasteiger partial charge in [-0.1, -0.05) is 54.5 Å². The van der Waals surface area contributed by atoms with Crippen molar-refractivity contribution in [3.8, 4) is 11.8 Å². The topological polar surface area (TPSA) is 43.4 Å². The summed E-state index contributed by atoms with van der Waals surface area (Å²) in [5, 5.41) is 0. The SMILES string of the molecule is CC(=CC(=O)c1ccccc1)OC(=O)C#Cc1ccccc1. The molecule has 3 nitrogen and oxygen atoms in total. The Bertz CT molecular complexity index is 748. The average Bonchev–Trinajstić information content (AvgIpc) is 2.54. The molecule has 0 amide bonds. The molecule has 0 bridgehead atoms. The van der Waals surface area contributed by atoms with Crippen molar-refractivity contribution in [2.75, 3.05) is 0 Å². The van der Waals surface area contributed by atoms with Crippen molar-refractivity contribution in [3.63, 3.8) is 0 Å². The third kappa shape index (κ3) is 4.77. The molecular weight excluding hydrogens is 276 g/mol. The Morgan fingerprint density at radius 1 is 0.955 bits per heavy atom. The first kappa shape index (κ1) is 15.3. The van der Waals surface area contributed by atoms with Crippen molar-refractivity contribution in [1.29, 1.82) is 0 Å². The number of allylic oxidation sites excluding steroid dienone is 2. The molecule has 0 N–H and O–H groups in total. The van der Waals surface area contributed by atoms with Crippen molar-refractivity contribution >= 4 is 11.8 Å². The maximum atomic E-state index is 11.9. The Hall–Kier alpha value is -3.12. The maximum absolute atomic E-state index is 11.9. The van der Waals surface area contributed by atoms with Crippen LogP contribution in [0.3, 0.4) is 0 Å². The molecule has 0 saturated carbocycles. The Morgan fingerprint density at radius 3 is 2.18 bits per heavy atom. The fraction of sp³-hybridized carbons (Fsp3) is 0.0526. The molecule has 0 saturated heterocycles. The lowest BCUT2D eigenvalue weighted by atomic mass is 10.1. The first-order valence-corrected chi connectivity index (χ1v) is 6.72. The molecule has 0 fully saturated rings. The summed E-state index contributed by atoms with van der Waals surface area (Å²) in [7, 11) is 0. The first-order valence-electron chi connectivity index (χ1n) is 6.72. The van der Waals surface area contributed by atoms with E-state index in [9.17, 15) is 9.59 Å². The zero-order valence-corrected chi connectivity index (χ0v) is 12.1. The highest BCUT2D eigenvalue weighted by Gasteiger charge is 2.05. The van der Waals surface area contributed by atoms with Gasteiger partial charge in [0.25, 0.3) is 0 Å². The van der Waals surface area contributed by atoms with Crippen LogP contribution in [0.2, 0.25) is 0 Å². The molecule has 0 spiro atoms. The van der Waals surface area contributed by atoms with Gasteiger partial charge in [-0.15, -0.1) is 0 Å². The van der Waals surface area contributed by atoms with E-state index in [-0.39, 0.29) is 11.5 Å². The van der Waals surface area contributed by atoms with Crippen LogP contribution in [0.25, 0.3) is 0 Å². The van der Waals surface area contributed by atoms with Gasteiger partial charge >= 0.3 is 5.97 Å². The second-order valence-electron chi connectivity index (χ2n) is 4.49. The smallest absolute Gasteiger partial charge is 0.389 e. The summed E-state index contributed by atoms with van der Waals surface area (Å²) < 4.78 is 4.99. The van der Waals surface area contributed by atoms with E-state index in [1.807, 2.05) is 24.3 Å². The van der Waals surface area contributed by atoms with Gasteiger partial charge in [0.15, 0.2) is 5.78 Å². The van der Waals surface area contributed by atoms with Crippen molar-refractivity contribution in [1.82, 2.24) is 0 Å². The van der Waals surface area contributed by atoms with Gasteiger partial charge in [0.1, 0.15) is 5.76 Å². The van der Waals surface area contributed by atoms with E-state index in [0.717, 1.165) is 5.56 Å². The number of carbonyl (C=O) groups is 2. The Morgan fingerprint density at radius 2 is 1.55 bits per heavy atom. The molecule has 0 heterocycles. The molecule has 0 aliphatic heterocycles. The largest absolute Gasteiger partial charge is 0.422 e. The standard InChI is InChI=1S/C19H14O3/c1-15(14-18(20)17-10-6-3-7-11-17)22-19(21)13-12-16-8-4-2-5-9-16/h2-11,14H,1H3. The molecule has 2 aromatic rings. The molecule has 0 atom stereocenters. The first-order chi connectivity index (χ1) is 10.6. The normalized spacial score (nSPS) is 10.3. The Balaban J connectivity index is 1.98. The Labute approximate surface area is 129 Å². The van der Waals surface area contributed by atoms with Crippen molar-refractivity contribution in [2.24, 2.45) is 0 Å². The molecule has 2 rings (SSSR count). The fourth-order valence-electron chi connectivity index (χ4n) is 1.72. The van der Waals surface area contributed by atoms with Gasteiger partial charge in [-0.2, -0.15) is 0 Å². The molecule has 3 heteroatoms. The predicted octanol–water partition coefficient (Wildman–Crippen LogP) is 3.37. The van der Waals surface area contributed by atoms with Crippen molar-refractivity contribution < 1.29 is 14.3 Å². The van der Waals surface area contributed by atoms with Gasteiger partial charge in [-0.3, -0.25) is 4.79 Å². The number of benzene rings is 2. The fourth-order valence-corrected chi connectivity index (χ4v) is 1.72. The van der Waals surface area contributed by atoms with E-state index in [1.165, 1.54) is 6.08 Å². The molecule has 0 aliphatic carbocycles. The minimum Gasteiger partial charge on any atom is -0.422 e. The third-order valence-corrected chi connectivity index (χ3v) is 2.73. The van der Waals surface area contributed by atoms with Crippen LogP contribution in [0.1, 0.15) is 22.8 Å². The summed E-state index contributed by atoms with van der Waals surface area (Å²) in [5.41, 5.74) is 1.26. The molecule has 2 aromatic carbocycles. The summed E-state index contributed by atoms with van der Waals surface area (Å²) in [5.74, 6) is 4.37. The summed E-state index contributed by atoms with van der Waals surface area (Å²) >= 11 is 0. The average molecular weight is 290 g/mol. The van der Waals surface area contributed by atoms with Crippen LogP contribution in [-0.4, -0.2) is 11.8 Å². The minimum absolute atomic E-state index is 0.209. The summed E-state index contributed by atoms with van der Waals surface area (Å²) in [6.45, 7) is 1.54. The third-order valence-electron chi connectivity index (χ3n) is 2.73. The number of ether oxygens (including phenoxy) is 1. The molecule has 108 valence electrons. The number of esters is 1. The molecule has 22 heavy (non-hydrogen) atoms. The number of ketones is 1. The van der Waals surface area contributed by atoms with Gasteiger partial charge in [-0.25, -0.2) is 4.79 Å². The highest BCUT2D eigenvalue weighted by Crippen LogP contribution is 2.05. The monoisotopic (exact) mass is 290 g/mol. The van der Waals surface area contributed by atoms with E-state index in [0.29, 0.717) is 5.56 Å². The second kappa shape index (κ2) is 7.61.